The fourth-order valence-corrected chi connectivity index (χ4v) is 2.34. The number of allylic oxidation sites excluding steroid dienone is 6. The maximum Gasteiger partial charge on any atom is 0.416 e. The van der Waals surface area contributed by atoms with Gasteiger partial charge in [0.15, 0.2) is 0 Å². The molecule has 0 bridgehead atoms. The van der Waals surface area contributed by atoms with Gasteiger partial charge in [-0.15, -0.1) is 0 Å². The summed E-state index contributed by atoms with van der Waals surface area (Å²) >= 11 is 0. The highest BCUT2D eigenvalue weighted by Crippen LogP contribution is 2.30. The predicted octanol–water partition coefficient (Wildman–Crippen LogP) is 5.98. The Balaban J connectivity index is 3.10. The van der Waals surface area contributed by atoms with Crippen LogP contribution in [0.5, 0.6) is 0 Å². The van der Waals surface area contributed by atoms with E-state index in [1.807, 2.05) is 45.9 Å². The Morgan fingerprint density at radius 2 is 1.68 bits per heavy atom. The quantitative estimate of drug-likeness (QED) is 0.396. The summed E-state index contributed by atoms with van der Waals surface area (Å²) in [6, 6.07) is 5.25. The molecule has 1 aromatic rings. The third-order valence-electron chi connectivity index (χ3n) is 3.91. The van der Waals surface area contributed by atoms with Gasteiger partial charge in [-0.05, 0) is 62.5 Å². The lowest BCUT2D eigenvalue weighted by Gasteiger charge is -2.11. The number of benzene rings is 1. The van der Waals surface area contributed by atoms with Crippen molar-refractivity contribution in [3.63, 3.8) is 0 Å². The van der Waals surface area contributed by atoms with E-state index < -0.39 is 11.7 Å². The molecule has 0 radical (unpaired) electrons. The number of hydrogen-bond acceptors (Lipinski definition) is 1. The number of rotatable bonds is 5. The second-order valence-electron chi connectivity index (χ2n) is 5.99. The summed E-state index contributed by atoms with van der Waals surface area (Å²) in [6.07, 6.45) is 1.56. The van der Waals surface area contributed by atoms with Crippen molar-refractivity contribution in [2.75, 3.05) is 0 Å². The van der Waals surface area contributed by atoms with Crippen LogP contribution in [-0.4, -0.2) is 5.84 Å². The molecular formula is C20H25F3N2. The zero-order chi connectivity index (χ0) is 19.2. The van der Waals surface area contributed by atoms with Crippen LogP contribution in [0, 0.1) is 0 Å². The van der Waals surface area contributed by atoms with Crippen molar-refractivity contribution in [2.24, 2.45) is 10.7 Å². The molecule has 0 amide bonds. The Labute approximate surface area is 147 Å². The van der Waals surface area contributed by atoms with Crippen LogP contribution in [0.15, 0.2) is 64.3 Å². The van der Waals surface area contributed by atoms with Gasteiger partial charge in [0.25, 0.3) is 0 Å². The molecule has 136 valence electrons. The standard InChI is InChI=1S/C20H25F3N2/c1-6-13(2)19(15(4)25-16(5)24)12-7-14(3)17-8-10-18(11-9-17)20(21,22)23/h6-12,14H,1-5H3,(H2,24,25)/b12-7+,13-6+,19-15-. The van der Waals surface area contributed by atoms with Crippen LogP contribution in [0.2, 0.25) is 0 Å². The monoisotopic (exact) mass is 350 g/mol. The summed E-state index contributed by atoms with van der Waals surface area (Å²) in [5, 5.41) is 0. The highest BCUT2D eigenvalue weighted by Gasteiger charge is 2.30. The highest BCUT2D eigenvalue weighted by molar-refractivity contribution is 5.78. The first-order valence-electron chi connectivity index (χ1n) is 8.06. The van der Waals surface area contributed by atoms with Gasteiger partial charge in [0, 0.05) is 5.70 Å². The molecule has 2 nitrogen and oxygen atoms in total. The molecular weight excluding hydrogens is 325 g/mol. The van der Waals surface area contributed by atoms with Crippen LogP contribution in [0.25, 0.3) is 0 Å². The molecule has 1 atom stereocenters. The lowest BCUT2D eigenvalue weighted by atomic mass is 9.96. The molecule has 1 rings (SSSR count). The highest BCUT2D eigenvalue weighted by atomic mass is 19.4. The summed E-state index contributed by atoms with van der Waals surface area (Å²) in [4.78, 5) is 4.29. The van der Waals surface area contributed by atoms with Gasteiger partial charge in [-0.1, -0.05) is 37.3 Å². The minimum absolute atomic E-state index is 0.0299. The average molecular weight is 350 g/mol. The smallest absolute Gasteiger partial charge is 0.387 e. The summed E-state index contributed by atoms with van der Waals surface area (Å²) in [7, 11) is 0. The lowest BCUT2D eigenvalue weighted by molar-refractivity contribution is -0.137. The fourth-order valence-electron chi connectivity index (χ4n) is 2.34. The van der Waals surface area contributed by atoms with Crippen molar-refractivity contribution < 1.29 is 13.2 Å². The van der Waals surface area contributed by atoms with Gasteiger partial charge in [-0.2, -0.15) is 13.2 Å². The molecule has 0 saturated carbocycles. The maximum atomic E-state index is 12.6. The molecule has 0 fully saturated rings. The topological polar surface area (TPSA) is 38.4 Å². The molecule has 2 N–H and O–H groups in total. The molecule has 0 aliphatic carbocycles. The predicted molar refractivity (Wildman–Crippen MR) is 98.4 cm³/mol. The van der Waals surface area contributed by atoms with Crippen LogP contribution >= 0.6 is 0 Å². The maximum absolute atomic E-state index is 12.6. The molecule has 1 unspecified atom stereocenters. The normalized spacial score (nSPS) is 16.2. The van der Waals surface area contributed by atoms with Crippen LogP contribution < -0.4 is 5.73 Å². The number of nitrogens with zero attached hydrogens (tertiary/aromatic N) is 1. The van der Waals surface area contributed by atoms with E-state index in [-0.39, 0.29) is 5.92 Å². The molecule has 0 aliphatic rings. The summed E-state index contributed by atoms with van der Waals surface area (Å²) in [5.74, 6) is 0.445. The number of alkyl halides is 3. The van der Waals surface area contributed by atoms with Gasteiger partial charge in [0.1, 0.15) is 0 Å². The largest absolute Gasteiger partial charge is 0.416 e. The van der Waals surface area contributed by atoms with Gasteiger partial charge in [-0.25, -0.2) is 4.99 Å². The van der Waals surface area contributed by atoms with Crippen molar-refractivity contribution in [3.8, 4) is 0 Å². The van der Waals surface area contributed by atoms with Crippen molar-refractivity contribution >= 4 is 5.84 Å². The zero-order valence-electron chi connectivity index (χ0n) is 15.3. The number of nitrogens with two attached hydrogens (primary N) is 1. The number of halogens is 3. The van der Waals surface area contributed by atoms with Crippen LogP contribution in [0.3, 0.4) is 0 Å². The van der Waals surface area contributed by atoms with Crippen LogP contribution in [-0.2, 0) is 6.18 Å². The van der Waals surface area contributed by atoms with Gasteiger partial charge < -0.3 is 5.73 Å². The Morgan fingerprint density at radius 1 is 1.12 bits per heavy atom. The molecule has 0 aromatic heterocycles. The molecule has 5 heteroatoms. The molecule has 25 heavy (non-hydrogen) atoms. The Bertz CT molecular complexity index is 701. The van der Waals surface area contributed by atoms with Gasteiger partial charge >= 0.3 is 6.18 Å². The second-order valence-corrected chi connectivity index (χ2v) is 5.99. The van der Waals surface area contributed by atoms with Crippen molar-refractivity contribution in [1.29, 1.82) is 0 Å². The van der Waals surface area contributed by atoms with Gasteiger partial charge in [-0.3, -0.25) is 0 Å². The minimum atomic E-state index is -4.31. The zero-order valence-corrected chi connectivity index (χ0v) is 15.3. The van der Waals surface area contributed by atoms with E-state index in [1.165, 1.54) is 12.1 Å². The summed E-state index contributed by atoms with van der Waals surface area (Å²) in [6.45, 7) is 9.46. The van der Waals surface area contributed by atoms with E-state index >= 15 is 0 Å². The van der Waals surface area contributed by atoms with E-state index in [9.17, 15) is 13.2 Å². The summed E-state index contributed by atoms with van der Waals surface area (Å²) < 4.78 is 37.9. The fraction of sp³-hybridized carbons (Fsp3) is 0.350. The molecule has 1 aromatic carbocycles. The summed E-state index contributed by atoms with van der Waals surface area (Å²) in [5.41, 5.74) is 8.63. The lowest BCUT2D eigenvalue weighted by Crippen LogP contribution is -2.05. The van der Waals surface area contributed by atoms with Gasteiger partial charge in [0.05, 0.1) is 11.4 Å². The molecule has 0 spiro atoms. The first kappa shape index (κ1) is 20.7. The Hall–Kier alpha value is -2.30. The second kappa shape index (κ2) is 8.70. The number of hydrogen-bond donors (Lipinski definition) is 1. The first-order chi connectivity index (χ1) is 11.6. The molecule has 0 saturated heterocycles. The van der Waals surface area contributed by atoms with Crippen molar-refractivity contribution in [2.45, 2.75) is 46.7 Å². The van der Waals surface area contributed by atoms with E-state index in [0.717, 1.165) is 34.5 Å². The molecule has 0 aliphatic heterocycles. The van der Waals surface area contributed by atoms with Crippen LogP contribution in [0.1, 0.15) is 51.7 Å². The number of amidine groups is 1. The van der Waals surface area contributed by atoms with E-state index in [0.29, 0.717) is 5.84 Å². The third kappa shape index (κ3) is 6.25. The SMILES string of the molecule is C/C=C(C)/C(/C=C/C(C)c1ccc(C(F)(F)F)cc1)=C(/C)N=C(C)N. The van der Waals surface area contributed by atoms with Crippen molar-refractivity contribution in [1.82, 2.24) is 0 Å². The average Bonchev–Trinajstić information content (AvgIpc) is 2.53. The third-order valence-corrected chi connectivity index (χ3v) is 3.91. The van der Waals surface area contributed by atoms with E-state index in [4.69, 9.17) is 5.73 Å². The van der Waals surface area contributed by atoms with E-state index in [1.54, 1.807) is 6.92 Å². The van der Waals surface area contributed by atoms with Crippen molar-refractivity contribution in [3.05, 3.63) is 70.5 Å². The van der Waals surface area contributed by atoms with Gasteiger partial charge in [0.2, 0.25) is 0 Å². The first-order valence-corrected chi connectivity index (χ1v) is 8.06. The van der Waals surface area contributed by atoms with Crippen LogP contribution in [0.4, 0.5) is 13.2 Å². The van der Waals surface area contributed by atoms with E-state index in [2.05, 4.69) is 4.99 Å². The Morgan fingerprint density at radius 3 is 2.12 bits per heavy atom. The number of aliphatic imine (C=N–C) groups is 1. The minimum Gasteiger partial charge on any atom is -0.387 e. The molecule has 0 heterocycles. The Kier molecular flexibility index (Phi) is 7.22.